The summed E-state index contributed by atoms with van der Waals surface area (Å²) < 4.78 is 98.6. The van der Waals surface area contributed by atoms with Crippen LogP contribution in [0.25, 0.3) is 43.6 Å². The van der Waals surface area contributed by atoms with Crippen LogP contribution < -0.4 is 69.6 Å². The molecule has 0 bridgehead atoms. The average Bonchev–Trinajstić information content (AvgIpc) is 0.796. The Morgan fingerprint density at radius 1 is 0.290 bits per heavy atom. The summed E-state index contributed by atoms with van der Waals surface area (Å²) in [5, 5.41) is 90.9. The highest BCUT2D eigenvalue weighted by Gasteiger charge is 2.22. The first-order valence-electron chi connectivity index (χ1n) is 39.8. The second kappa shape index (κ2) is 39.7. The molecule has 15 rings (SSSR count). The fourth-order valence-corrected chi connectivity index (χ4v) is 14.0. The zero-order valence-corrected chi connectivity index (χ0v) is 72.1. The van der Waals surface area contributed by atoms with E-state index >= 15 is 0 Å². The molecule has 47 nitrogen and oxygen atoms in total. The van der Waals surface area contributed by atoms with Crippen molar-refractivity contribution in [2.75, 3.05) is 106 Å². The largest absolute Gasteiger partial charge is 0.507 e. The third kappa shape index (κ3) is 24.1. The number of hydrazine groups is 2. The number of aromatic nitrogens is 17. The van der Waals surface area contributed by atoms with Crippen molar-refractivity contribution in [1.82, 2.24) is 84.7 Å². The van der Waals surface area contributed by atoms with E-state index in [4.69, 9.17) is 19.9 Å². The number of nitrogens with zero attached hydrogens (tertiary/aromatic N) is 21. The van der Waals surface area contributed by atoms with E-state index in [0.29, 0.717) is 134 Å². The molecule has 0 aliphatic heterocycles. The van der Waals surface area contributed by atoms with Crippen molar-refractivity contribution in [3.8, 4) is 23.0 Å². The van der Waals surface area contributed by atoms with Crippen molar-refractivity contribution in [3.63, 3.8) is 0 Å². The third-order valence-corrected chi connectivity index (χ3v) is 21.7. The quantitative estimate of drug-likeness (QED) is 0.00734. The van der Waals surface area contributed by atoms with Crippen LogP contribution in [0.15, 0.2) is 179 Å². The lowest BCUT2D eigenvalue weighted by atomic mass is 10.1. The molecule has 0 aliphatic rings. The number of aryl methyl sites for hydroxylation is 4. The highest BCUT2D eigenvalue weighted by atomic mass is 32.2. The van der Waals surface area contributed by atoms with Gasteiger partial charge in [0.1, 0.15) is 57.0 Å². The van der Waals surface area contributed by atoms with Crippen LogP contribution in [0.3, 0.4) is 0 Å². The molecule has 11 heterocycles. The van der Waals surface area contributed by atoms with Crippen LogP contribution in [-0.4, -0.2) is 181 Å². The number of nitrogens with one attached hydrogen (secondary N) is 13. The van der Waals surface area contributed by atoms with Crippen LogP contribution in [0, 0.1) is 27.7 Å². The fraction of sp³-hybridized carbons (Fsp3) is 0.198. The van der Waals surface area contributed by atoms with Gasteiger partial charge in [-0.2, -0.15) is 70.1 Å². The van der Waals surface area contributed by atoms with E-state index in [1.165, 1.54) is 24.4 Å². The van der Waals surface area contributed by atoms with Crippen LogP contribution in [0.2, 0.25) is 0 Å². The predicted molar refractivity (Wildman–Crippen MR) is 491 cm³/mol. The lowest BCUT2D eigenvalue weighted by molar-refractivity contribution is 0.481. The molecule has 0 fully saturated rings. The normalized spacial score (nSPS) is 11.8. The van der Waals surface area contributed by atoms with Crippen molar-refractivity contribution in [3.05, 3.63) is 214 Å². The molecular formula is C81H82N34O13S3. The standard InChI is InChI=1S/C81H82N34O13S3/c1-43-49(33-53-61(116)15-11-57(69(53)95-43)108-112-65-9-5-7-21-82-65)39-91-78-101-73(86-25-28-129(120,121)122)99-76(105-78)89-37-47-19-23-84-67(31-47)114-110-59-13-17-63(118)55-35-51(45(3)97-71(55)59)40-92-79-102-74(87-26-29-130(123,124)125)100-77(106-79)90-38-48-20-24-85-68(32-48)115-111-60-14-18-64(119)56-36-52(46(4)98-72(56)60)42-94-81-104-75(88-27-30-131(126,127)128)103-80(107-81)93-41-50-34-54-62(117)16-12-58(70(54)96-44(50)2)109-113-66-10-6-8-22-83-66/h5-24,31-36,109,111,116-119H,25-30,37-42H2,1-4H3,(H,83,113)(H,85,115)(H,120,121,122)(H,123,124,125)(H,126,127,128)(H3,86,89,91,99,101,105)(H3,87,90,92,100,102,106)(H3,88,93,94,103,104,107). The fourth-order valence-electron chi connectivity index (χ4n) is 12.9. The molecule has 0 unspecified atom stereocenters. The zero-order valence-electron chi connectivity index (χ0n) is 69.7. The maximum absolute atomic E-state index is 11.8. The number of benzene rings is 4. The second-order valence-corrected chi connectivity index (χ2v) is 33.8. The number of anilines is 13. The minimum atomic E-state index is -4.38. The summed E-state index contributed by atoms with van der Waals surface area (Å²) in [5.41, 5.74) is 22.0. The van der Waals surface area contributed by atoms with E-state index in [2.05, 4.69) is 155 Å². The van der Waals surface area contributed by atoms with Crippen LogP contribution in [0.1, 0.15) is 56.2 Å². The first kappa shape index (κ1) is 89.5. The Bertz CT molecular complexity index is 7240. The Labute approximate surface area is 744 Å². The Morgan fingerprint density at radius 2 is 0.611 bits per heavy atom. The first-order chi connectivity index (χ1) is 62.9. The summed E-state index contributed by atoms with van der Waals surface area (Å²) in [6.45, 7) is 6.98. The van der Waals surface area contributed by atoms with E-state index in [1.54, 1.807) is 149 Å². The summed E-state index contributed by atoms with van der Waals surface area (Å²) in [7, 11) is -13.1. The van der Waals surface area contributed by atoms with E-state index in [9.17, 15) is 59.3 Å². The van der Waals surface area contributed by atoms with Crippen LogP contribution >= 0.6 is 0 Å². The highest BCUT2D eigenvalue weighted by molar-refractivity contribution is 7.86. The SMILES string of the molecule is Cc1nc2c(N=Nc3ccccn3)ccc(O)c2cc1CNc1nc(NCCS(=O)(=O)O)nc(NCc2ccnc(N=Nc3ccc(O)c4cc(CNc5nc(NCCS(=O)(=O)O)nc(NCc6ccnc(NNc7ccc(O)c8cc(CNc9nc(NCCS(=O)(=O)O)nc(NCc%10cc%11c(O)ccc(NNc%12ccccn%12)c%11nc%10C)n9)c(C)nc78)c6)n5)c(C)nc34)c2)n1. The minimum Gasteiger partial charge on any atom is -0.507 e. The molecule has 0 amide bonds. The Morgan fingerprint density at radius 3 is 0.992 bits per heavy atom. The van der Waals surface area contributed by atoms with Gasteiger partial charge in [0.15, 0.2) is 11.6 Å². The molecule has 672 valence electrons. The third-order valence-electron chi connectivity index (χ3n) is 19.6. The molecule has 0 saturated carbocycles. The number of phenols is 4. The summed E-state index contributed by atoms with van der Waals surface area (Å²) in [6, 6.07) is 37.0. The van der Waals surface area contributed by atoms with Gasteiger partial charge in [0, 0.05) is 128 Å². The van der Waals surface area contributed by atoms with E-state index < -0.39 is 47.6 Å². The number of hydrogen-bond donors (Lipinski definition) is 20. The van der Waals surface area contributed by atoms with Gasteiger partial charge >= 0.3 is 0 Å². The monoisotopic (exact) mass is 1830 g/mol. The average molecular weight is 1840 g/mol. The molecule has 11 aromatic heterocycles. The lowest BCUT2D eigenvalue weighted by Gasteiger charge is -2.16. The van der Waals surface area contributed by atoms with Gasteiger partial charge in [-0.15, -0.1) is 20.5 Å². The van der Waals surface area contributed by atoms with Gasteiger partial charge in [-0.25, -0.2) is 19.9 Å². The number of pyridine rings is 8. The Hall–Kier alpha value is -16.3. The van der Waals surface area contributed by atoms with Crippen LogP contribution in [-0.2, 0) is 69.6 Å². The van der Waals surface area contributed by atoms with Gasteiger partial charge in [-0.05, 0) is 182 Å². The topological polar surface area (TPSA) is 669 Å². The highest BCUT2D eigenvalue weighted by Crippen LogP contribution is 2.38. The Balaban J connectivity index is 0.580. The molecule has 20 N–H and O–H groups in total. The molecule has 131 heavy (non-hydrogen) atoms. The van der Waals surface area contributed by atoms with Crippen molar-refractivity contribution in [2.45, 2.75) is 67.0 Å². The maximum Gasteiger partial charge on any atom is 0.266 e. The summed E-state index contributed by atoms with van der Waals surface area (Å²) >= 11 is 0. The lowest BCUT2D eigenvalue weighted by Crippen LogP contribution is -2.18. The summed E-state index contributed by atoms with van der Waals surface area (Å²) in [5.74, 6) is -0.400. The van der Waals surface area contributed by atoms with Gasteiger partial charge in [-0.3, -0.25) is 55.3 Å². The molecule has 50 heteroatoms. The van der Waals surface area contributed by atoms with Crippen molar-refractivity contribution < 1.29 is 59.3 Å². The van der Waals surface area contributed by atoms with Crippen LogP contribution in [0.5, 0.6) is 23.0 Å². The van der Waals surface area contributed by atoms with Gasteiger partial charge in [0.25, 0.3) is 30.4 Å². The second-order valence-electron chi connectivity index (χ2n) is 29.0. The van der Waals surface area contributed by atoms with E-state index in [1.807, 2.05) is 13.0 Å². The van der Waals surface area contributed by atoms with Gasteiger partial charge in [0.05, 0.1) is 39.7 Å². The van der Waals surface area contributed by atoms with Crippen molar-refractivity contribution >= 4 is 174 Å². The van der Waals surface area contributed by atoms with Gasteiger partial charge in [0.2, 0.25) is 53.5 Å². The number of rotatable bonds is 40. The number of fused-ring (bicyclic) bond motifs is 4. The number of azo groups is 2. The number of phenolic OH excluding ortho intramolecular Hbond substituents is 4. The van der Waals surface area contributed by atoms with Gasteiger partial charge in [-0.1, -0.05) is 12.1 Å². The maximum atomic E-state index is 11.8. The van der Waals surface area contributed by atoms with Gasteiger partial charge < -0.3 is 68.3 Å². The Kier molecular flexibility index (Phi) is 27.1. The molecule has 0 spiro atoms. The molecule has 0 atom stereocenters. The number of hydrogen-bond acceptors (Lipinski definition) is 44. The number of aromatic hydroxyl groups is 4. The first-order valence-corrected chi connectivity index (χ1v) is 44.7. The molecule has 4 aromatic carbocycles. The van der Waals surface area contributed by atoms with E-state index in [-0.39, 0.29) is 147 Å². The molecule has 0 saturated heterocycles. The van der Waals surface area contributed by atoms with Crippen LogP contribution in [0.4, 0.5) is 99.6 Å². The van der Waals surface area contributed by atoms with Crippen molar-refractivity contribution in [2.24, 2.45) is 20.5 Å². The minimum absolute atomic E-state index is 0.00653. The molecule has 15 aromatic rings. The van der Waals surface area contributed by atoms with Crippen molar-refractivity contribution in [1.29, 1.82) is 0 Å². The smallest absolute Gasteiger partial charge is 0.266 e. The van der Waals surface area contributed by atoms with E-state index in [0.717, 1.165) is 0 Å². The molecule has 0 aliphatic carbocycles. The summed E-state index contributed by atoms with van der Waals surface area (Å²) in [6.07, 6.45) is 6.32. The molecule has 0 radical (unpaired) electrons. The molecular weight excluding hydrogens is 1750 g/mol. The summed E-state index contributed by atoms with van der Waals surface area (Å²) in [4.78, 5) is 77.0. The predicted octanol–water partition coefficient (Wildman–Crippen LogP) is 11.4. The zero-order chi connectivity index (χ0) is 91.9.